The number of halogens is 2. The monoisotopic (exact) mass is 293 g/mol. The molecule has 0 N–H and O–H groups in total. The van der Waals surface area contributed by atoms with Crippen molar-refractivity contribution < 1.29 is 9.13 Å². The van der Waals surface area contributed by atoms with Crippen molar-refractivity contribution >= 4 is 22.6 Å². The van der Waals surface area contributed by atoms with Crippen molar-refractivity contribution in [3.63, 3.8) is 0 Å². The highest BCUT2D eigenvalue weighted by Gasteiger charge is 2.07. The van der Waals surface area contributed by atoms with E-state index >= 15 is 0 Å². The second-order valence-electron chi connectivity index (χ2n) is 2.78. The van der Waals surface area contributed by atoms with E-state index in [-0.39, 0.29) is 5.92 Å². The van der Waals surface area contributed by atoms with Gasteiger partial charge >= 0.3 is 0 Å². The van der Waals surface area contributed by atoms with Gasteiger partial charge in [0.2, 0.25) is 0 Å². The van der Waals surface area contributed by atoms with Gasteiger partial charge in [0.1, 0.15) is 5.75 Å². The Morgan fingerprint density at radius 3 is 2.77 bits per heavy atom. The lowest BCUT2D eigenvalue weighted by Crippen LogP contribution is -1.97. The van der Waals surface area contributed by atoms with E-state index in [1.54, 1.807) is 7.11 Å². The fourth-order valence-electron chi connectivity index (χ4n) is 1.03. The first-order chi connectivity index (χ1) is 6.17. The number of hydrogen-bond donors (Lipinski definition) is 0. The summed E-state index contributed by atoms with van der Waals surface area (Å²) < 4.78 is 18.4. The van der Waals surface area contributed by atoms with E-state index in [1.807, 2.05) is 18.2 Å². The topological polar surface area (TPSA) is 9.23 Å². The highest BCUT2D eigenvalue weighted by Crippen LogP contribution is 2.24. The van der Waals surface area contributed by atoms with E-state index in [9.17, 15) is 4.39 Å². The van der Waals surface area contributed by atoms with Crippen LogP contribution in [0.15, 0.2) is 18.2 Å². The smallest absolute Gasteiger partial charge is 0.120 e. The predicted molar refractivity (Wildman–Crippen MR) is 59.8 cm³/mol. The van der Waals surface area contributed by atoms with Gasteiger partial charge in [-0.3, -0.25) is 4.39 Å². The molecule has 1 aromatic carbocycles. The predicted octanol–water partition coefficient (Wildman–Crippen LogP) is 3.19. The molecular formula is C10H11FIO. The summed E-state index contributed by atoms with van der Waals surface area (Å²) in [4.78, 5) is 0. The number of hydrogen-bond acceptors (Lipinski definition) is 1. The first kappa shape index (κ1) is 10.8. The Labute approximate surface area is 91.4 Å². The molecule has 0 saturated heterocycles. The van der Waals surface area contributed by atoms with Gasteiger partial charge in [0.15, 0.2) is 0 Å². The molecule has 0 heterocycles. The summed E-state index contributed by atoms with van der Waals surface area (Å²) in [5, 5.41) is 0. The lowest BCUT2D eigenvalue weighted by Gasteiger charge is -2.09. The largest absolute Gasteiger partial charge is 0.497 e. The Bertz CT molecular complexity index is 288. The Morgan fingerprint density at radius 1 is 1.54 bits per heavy atom. The molecule has 3 heteroatoms. The Kier molecular flexibility index (Phi) is 3.96. The average molecular weight is 293 g/mol. The molecule has 13 heavy (non-hydrogen) atoms. The Morgan fingerprint density at radius 2 is 2.23 bits per heavy atom. The highest BCUT2D eigenvalue weighted by molar-refractivity contribution is 14.1. The molecule has 0 bridgehead atoms. The summed E-state index contributed by atoms with van der Waals surface area (Å²) in [6.45, 7) is 3.27. The molecule has 0 fully saturated rings. The van der Waals surface area contributed by atoms with Crippen molar-refractivity contribution in [2.24, 2.45) is 0 Å². The molecule has 71 valence electrons. The Hall–Kier alpha value is -0.320. The first-order valence-electron chi connectivity index (χ1n) is 3.91. The van der Waals surface area contributed by atoms with Crippen molar-refractivity contribution in [2.45, 2.75) is 5.92 Å². The molecule has 1 nitrogen and oxygen atoms in total. The van der Waals surface area contributed by atoms with Gasteiger partial charge in [0.05, 0.1) is 13.8 Å². The normalized spacial score (nSPS) is 12.6. The summed E-state index contributed by atoms with van der Waals surface area (Å²) in [6, 6.07) is 5.63. The zero-order valence-corrected chi connectivity index (χ0v) is 9.55. The lowest BCUT2D eigenvalue weighted by atomic mass is 10.0. The molecule has 1 rings (SSSR count). The van der Waals surface area contributed by atoms with Gasteiger partial charge in [-0.2, -0.15) is 0 Å². The fourth-order valence-corrected chi connectivity index (χ4v) is 1.69. The van der Waals surface area contributed by atoms with E-state index in [2.05, 4.69) is 29.5 Å². The number of ether oxygens (including phenoxy) is 1. The van der Waals surface area contributed by atoms with Crippen LogP contribution in [0.25, 0.3) is 0 Å². The molecule has 1 unspecified atom stereocenters. The molecule has 0 aliphatic rings. The summed E-state index contributed by atoms with van der Waals surface area (Å²) in [6.07, 6.45) is 0. The van der Waals surface area contributed by atoms with Gasteiger partial charge < -0.3 is 4.74 Å². The third-order valence-corrected chi connectivity index (χ3v) is 2.41. The molecule has 0 amide bonds. The van der Waals surface area contributed by atoms with E-state index in [1.165, 1.54) is 0 Å². The molecule has 1 aromatic rings. The second kappa shape index (κ2) is 4.79. The minimum Gasteiger partial charge on any atom is -0.497 e. The third kappa shape index (κ3) is 2.83. The Balaban J connectivity index is 3.01. The zero-order valence-electron chi connectivity index (χ0n) is 7.39. The van der Waals surface area contributed by atoms with Crippen molar-refractivity contribution in [2.75, 3.05) is 13.8 Å². The minimum atomic E-state index is -0.441. The quantitative estimate of drug-likeness (QED) is 0.778. The minimum absolute atomic E-state index is 0.302. The summed E-state index contributed by atoms with van der Waals surface area (Å²) in [7, 11) is 1.60. The number of methoxy groups -OCH3 is 1. The third-order valence-electron chi connectivity index (χ3n) is 1.79. The fraction of sp³-hybridized carbons (Fsp3) is 0.300. The molecule has 0 spiro atoms. The SMILES string of the molecule is [CH2]C(CF)c1cc(I)cc(OC)c1. The van der Waals surface area contributed by atoms with Crippen LogP contribution in [-0.2, 0) is 0 Å². The van der Waals surface area contributed by atoms with Crippen LogP contribution in [0, 0.1) is 10.5 Å². The summed E-state index contributed by atoms with van der Waals surface area (Å²) >= 11 is 2.17. The lowest BCUT2D eigenvalue weighted by molar-refractivity contribution is 0.412. The van der Waals surface area contributed by atoms with Gasteiger partial charge in [-0.1, -0.05) is 0 Å². The second-order valence-corrected chi connectivity index (χ2v) is 4.02. The molecule has 0 aliphatic carbocycles. The summed E-state index contributed by atoms with van der Waals surface area (Å²) in [5.74, 6) is 0.451. The number of rotatable bonds is 3. The van der Waals surface area contributed by atoms with Crippen LogP contribution in [0.4, 0.5) is 4.39 Å². The molecule has 1 radical (unpaired) electrons. The van der Waals surface area contributed by atoms with E-state index in [0.717, 1.165) is 14.9 Å². The number of alkyl halides is 1. The van der Waals surface area contributed by atoms with Crippen LogP contribution >= 0.6 is 22.6 Å². The van der Waals surface area contributed by atoms with Crippen LogP contribution in [0.3, 0.4) is 0 Å². The van der Waals surface area contributed by atoms with Crippen molar-refractivity contribution in [1.29, 1.82) is 0 Å². The van der Waals surface area contributed by atoms with Gasteiger partial charge in [-0.15, -0.1) is 0 Å². The van der Waals surface area contributed by atoms with Crippen LogP contribution < -0.4 is 4.74 Å². The van der Waals surface area contributed by atoms with Crippen LogP contribution in [0.2, 0.25) is 0 Å². The molecule has 0 saturated carbocycles. The maximum Gasteiger partial charge on any atom is 0.120 e. The van der Waals surface area contributed by atoms with Crippen molar-refractivity contribution in [1.82, 2.24) is 0 Å². The first-order valence-corrected chi connectivity index (χ1v) is 4.98. The molecular weight excluding hydrogens is 282 g/mol. The van der Waals surface area contributed by atoms with E-state index < -0.39 is 6.67 Å². The molecule has 1 atom stereocenters. The van der Waals surface area contributed by atoms with Crippen molar-refractivity contribution in [3.05, 3.63) is 34.3 Å². The summed E-state index contributed by atoms with van der Waals surface area (Å²) in [5.41, 5.74) is 0.881. The molecule has 0 aromatic heterocycles. The number of benzene rings is 1. The van der Waals surface area contributed by atoms with Crippen LogP contribution in [-0.4, -0.2) is 13.8 Å². The van der Waals surface area contributed by atoms with Gasteiger partial charge in [-0.05, 0) is 53.3 Å². The van der Waals surface area contributed by atoms with E-state index in [0.29, 0.717) is 0 Å². The van der Waals surface area contributed by atoms with Crippen LogP contribution in [0.5, 0.6) is 5.75 Å². The van der Waals surface area contributed by atoms with Gasteiger partial charge in [-0.25, -0.2) is 0 Å². The van der Waals surface area contributed by atoms with Gasteiger partial charge in [0.25, 0.3) is 0 Å². The molecule has 0 aliphatic heterocycles. The zero-order chi connectivity index (χ0) is 9.84. The maximum absolute atomic E-state index is 12.3. The van der Waals surface area contributed by atoms with Crippen molar-refractivity contribution in [3.8, 4) is 5.75 Å². The average Bonchev–Trinajstić information content (AvgIpc) is 2.15. The highest BCUT2D eigenvalue weighted by atomic mass is 127. The maximum atomic E-state index is 12.3. The standard InChI is InChI=1S/C10H11FIO/c1-7(6-11)8-3-9(12)5-10(4-8)13-2/h3-5,7H,1,6H2,2H3. The van der Waals surface area contributed by atoms with Gasteiger partial charge in [0, 0.05) is 9.49 Å². The van der Waals surface area contributed by atoms with E-state index in [4.69, 9.17) is 4.74 Å². The van der Waals surface area contributed by atoms with Crippen LogP contribution in [0.1, 0.15) is 11.5 Å².